The number of hydrogen-bond acceptors (Lipinski definition) is 4. The fraction of sp³-hybridized carbons (Fsp3) is 0.556. The van der Waals surface area contributed by atoms with Crippen LogP contribution in [-0.2, 0) is 31.5 Å². The Bertz CT molecular complexity index is 692. The molecule has 2 aromatic rings. The van der Waals surface area contributed by atoms with E-state index in [4.69, 9.17) is 18.3 Å². The molecule has 0 saturated heterocycles. The summed E-state index contributed by atoms with van der Waals surface area (Å²) in [5.41, 5.74) is 2.41. The molecule has 0 aromatic heterocycles. The smallest absolute Gasteiger partial charge is 0.184 e. The van der Waals surface area contributed by atoms with Gasteiger partial charge in [-0.3, -0.25) is 0 Å². The summed E-state index contributed by atoms with van der Waals surface area (Å²) in [5.74, 6) is 0. The summed E-state index contributed by atoms with van der Waals surface area (Å²) in [4.78, 5) is 0. The molecular formula is C27H44O4Si2. The summed E-state index contributed by atoms with van der Waals surface area (Å²) >= 11 is 0. The highest BCUT2D eigenvalue weighted by molar-refractivity contribution is 6.70. The van der Waals surface area contributed by atoms with Crippen molar-refractivity contribution in [2.45, 2.75) is 84.0 Å². The zero-order valence-electron chi connectivity index (χ0n) is 21.5. The minimum absolute atomic E-state index is 0.142. The highest BCUT2D eigenvalue weighted by Gasteiger charge is 2.27. The van der Waals surface area contributed by atoms with E-state index in [9.17, 15) is 0 Å². The lowest BCUT2D eigenvalue weighted by atomic mass is 10.1. The third-order valence-electron chi connectivity index (χ3n) is 4.96. The maximum absolute atomic E-state index is 6.56. The molecule has 2 aromatic carbocycles. The van der Waals surface area contributed by atoms with E-state index < -0.39 is 16.6 Å². The van der Waals surface area contributed by atoms with Gasteiger partial charge in [0.15, 0.2) is 16.6 Å². The van der Waals surface area contributed by atoms with E-state index in [0.29, 0.717) is 26.4 Å². The average Bonchev–Trinajstić information content (AvgIpc) is 2.73. The Balaban J connectivity index is 1.88. The van der Waals surface area contributed by atoms with Gasteiger partial charge in [0, 0.05) is 25.4 Å². The zero-order valence-corrected chi connectivity index (χ0v) is 23.5. The maximum Gasteiger partial charge on any atom is 0.184 e. The Kier molecular flexibility index (Phi) is 12.0. The number of rotatable bonds is 16. The standard InChI is InChI=1S/C27H44O4Si2/c1-32(2,3)30-26(17-19-28-22-24-13-9-7-10-14-24)21-27(31-33(4,5)6)18-20-29-23-25-15-11-8-12-16-25/h7-16,26-27H,17-23H2,1-6H3/t26-,27+. The largest absolute Gasteiger partial charge is 0.415 e. The Morgan fingerprint density at radius 3 is 1.27 bits per heavy atom. The van der Waals surface area contributed by atoms with Gasteiger partial charge in [0.1, 0.15) is 0 Å². The van der Waals surface area contributed by atoms with Crippen LogP contribution in [0.3, 0.4) is 0 Å². The van der Waals surface area contributed by atoms with Crippen molar-refractivity contribution >= 4 is 16.6 Å². The normalized spacial score (nSPS) is 14.2. The first-order valence-corrected chi connectivity index (χ1v) is 19.0. The van der Waals surface area contributed by atoms with Crippen LogP contribution in [0, 0.1) is 0 Å². The van der Waals surface area contributed by atoms with Crippen molar-refractivity contribution in [2.75, 3.05) is 13.2 Å². The number of benzene rings is 2. The predicted octanol–water partition coefficient (Wildman–Crippen LogP) is 7.03. The van der Waals surface area contributed by atoms with Gasteiger partial charge in [0.05, 0.1) is 13.2 Å². The molecule has 6 heteroatoms. The van der Waals surface area contributed by atoms with Crippen molar-refractivity contribution < 1.29 is 18.3 Å². The summed E-state index contributed by atoms with van der Waals surface area (Å²) in [6, 6.07) is 20.7. The number of hydrogen-bond donors (Lipinski definition) is 0. The van der Waals surface area contributed by atoms with Gasteiger partial charge in [0.2, 0.25) is 0 Å². The van der Waals surface area contributed by atoms with E-state index in [1.54, 1.807) is 0 Å². The minimum Gasteiger partial charge on any atom is -0.415 e. The molecule has 0 amide bonds. The summed E-state index contributed by atoms with van der Waals surface area (Å²) in [6.45, 7) is 16.2. The van der Waals surface area contributed by atoms with Gasteiger partial charge in [-0.05, 0) is 69.7 Å². The topological polar surface area (TPSA) is 36.9 Å². The van der Waals surface area contributed by atoms with Gasteiger partial charge < -0.3 is 18.3 Å². The molecule has 4 nitrogen and oxygen atoms in total. The first-order chi connectivity index (χ1) is 15.6. The van der Waals surface area contributed by atoms with E-state index in [1.165, 1.54) is 11.1 Å². The van der Waals surface area contributed by atoms with Crippen LogP contribution in [0.25, 0.3) is 0 Å². The molecule has 0 spiro atoms. The fourth-order valence-corrected chi connectivity index (χ4v) is 6.13. The van der Waals surface area contributed by atoms with Crippen LogP contribution < -0.4 is 0 Å². The third kappa shape index (κ3) is 13.9. The molecule has 0 radical (unpaired) electrons. The molecule has 0 N–H and O–H groups in total. The van der Waals surface area contributed by atoms with E-state index >= 15 is 0 Å². The molecule has 33 heavy (non-hydrogen) atoms. The van der Waals surface area contributed by atoms with Crippen LogP contribution in [-0.4, -0.2) is 42.1 Å². The molecule has 0 aliphatic carbocycles. The summed E-state index contributed by atoms with van der Waals surface area (Å²) in [7, 11) is -3.37. The van der Waals surface area contributed by atoms with Gasteiger partial charge in [-0.25, -0.2) is 0 Å². The zero-order chi connectivity index (χ0) is 24.2. The van der Waals surface area contributed by atoms with Crippen molar-refractivity contribution in [2.24, 2.45) is 0 Å². The van der Waals surface area contributed by atoms with Crippen molar-refractivity contribution in [1.29, 1.82) is 0 Å². The van der Waals surface area contributed by atoms with Gasteiger partial charge in [-0.1, -0.05) is 60.7 Å². The van der Waals surface area contributed by atoms with Crippen molar-refractivity contribution in [3.8, 4) is 0 Å². The molecule has 0 bridgehead atoms. The van der Waals surface area contributed by atoms with Crippen LogP contribution in [0.1, 0.15) is 30.4 Å². The van der Waals surface area contributed by atoms with Crippen LogP contribution in [0.4, 0.5) is 0 Å². The second-order valence-electron chi connectivity index (χ2n) is 10.6. The van der Waals surface area contributed by atoms with Crippen LogP contribution in [0.5, 0.6) is 0 Å². The molecule has 0 aliphatic heterocycles. The highest BCUT2D eigenvalue weighted by atomic mass is 28.4. The molecule has 2 atom stereocenters. The quantitative estimate of drug-likeness (QED) is 0.188. The van der Waals surface area contributed by atoms with E-state index in [2.05, 4.69) is 63.5 Å². The minimum atomic E-state index is -1.68. The molecule has 0 unspecified atom stereocenters. The highest BCUT2D eigenvalue weighted by Crippen LogP contribution is 2.21. The summed E-state index contributed by atoms with van der Waals surface area (Å²) < 4.78 is 25.1. The van der Waals surface area contributed by atoms with Gasteiger partial charge in [0.25, 0.3) is 0 Å². The van der Waals surface area contributed by atoms with Crippen LogP contribution in [0.15, 0.2) is 60.7 Å². The summed E-state index contributed by atoms with van der Waals surface area (Å²) in [6.07, 6.45) is 2.93. The maximum atomic E-state index is 6.56. The van der Waals surface area contributed by atoms with E-state index in [0.717, 1.165) is 19.3 Å². The lowest BCUT2D eigenvalue weighted by Gasteiger charge is -2.32. The monoisotopic (exact) mass is 488 g/mol. The lowest BCUT2D eigenvalue weighted by Crippen LogP contribution is -2.39. The van der Waals surface area contributed by atoms with Crippen LogP contribution in [0.2, 0.25) is 39.3 Å². The Labute approximate surface area is 203 Å². The third-order valence-corrected chi connectivity index (χ3v) is 7.04. The van der Waals surface area contributed by atoms with Gasteiger partial charge in [-0.2, -0.15) is 0 Å². The average molecular weight is 489 g/mol. The Hall–Kier alpha value is -1.29. The first-order valence-electron chi connectivity index (χ1n) is 12.2. The molecule has 2 rings (SSSR count). The van der Waals surface area contributed by atoms with Crippen molar-refractivity contribution in [3.63, 3.8) is 0 Å². The molecule has 0 fully saturated rings. The Morgan fingerprint density at radius 1 is 0.576 bits per heavy atom. The molecule has 0 aliphatic rings. The van der Waals surface area contributed by atoms with E-state index in [1.807, 2.05) is 36.4 Å². The molecule has 184 valence electrons. The molecular weight excluding hydrogens is 444 g/mol. The molecule has 0 saturated carbocycles. The second-order valence-corrected chi connectivity index (χ2v) is 19.5. The van der Waals surface area contributed by atoms with Crippen LogP contribution >= 0.6 is 0 Å². The van der Waals surface area contributed by atoms with Crippen molar-refractivity contribution in [3.05, 3.63) is 71.8 Å². The van der Waals surface area contributed by atoms with Crippen molar-refractivity contribution in [1.82, 2.24) is 0 Å². The molecule has 0 heterocycles. The summed E-state index contributed by atoms with van der Waals surface area (Å²) in [5, 5.41) is 0. The van der Waals surface area contributed by atoms with E-state index in [-0.39, 0.29) is 12.2 Å². The fourth-order valence-electron chi connectivity index (χ4n) is 3.70. The Morgan fingerprint density at radius 2 is 0.939 bits per heavy atom. The lowest BCUT2D eigenvalue weighted by molar-refractivity contribution is 0.0363. The first kappa shape index (κ1) is 28.0. The predicted molar refractivity (Wildman–Crippen MR) is 142 cm³/mol. The second kappa shape index (κ2) is 14.2. The number of ether oxygens (including phenoxy) is 2. The SMILES string of the molecule is C[Si](C)(C)O[C@H](CCOCc1ccccc1)C[C@H](CCOCc1ccccc1)O[Si](C)(C)C. The van der Waals surface area contributed by atoms with Gasteiger partial charge >= 0.3 is 0 Å². The van der Waals surface area contributed by atoms with Gasteiger partial charge in [-0.15, -0.1) is 0 Å².